The van der Waals surface area contributed by atoms with Crippen LogP contribution in [0.4, 0.5) is 0 Å². The van der Waals surface area contributed by atoms with Crippen LogP contribution in [-0.4, -0.2) is 46.0 Å². The summed E-state index contributed by atoms with van der Waals surface area (Å²) in [5.74, 6) is 0.0216. The summed E-state index contributed by atoms with van der Waals surface area (Å²) in [6, 6.07) is 11.8. The molecular weight excluding hydrogens is 352 g/mol. The van der Waals surface area contributed by atoms with Gasteiger partial charge in [0.2, 0.25) is 0 Å². The third-order valence-corrected chi connectivity index (χ3v) is 5.75. The van der Waals surface area contributed by atoms with Crippen LogP contribution in [0.15, 0.2) is 42.6 Å². The number of amides is 2. The van der Waals surface area contributed by atoms with E-state index >= 15 is 0 Å². The maximum atomic E-state index is 13.0. The summed E-state index contributed by atoms with van der Waals surface area (Å²) in [6.07, 6.45) is 5.83. The van der Waals surface area contributed by atoms with Gasteiger partial charge < -0.3 is 10.2 Å². The molecule has 0 saturated carbocycles. The molecule has 1 saturated heterocycles. The summed E-state index contributed by atoms with van der Waals surface area (Å²) in [7, 11) is 0. The van der Waals surface area contributed by atoms with Crippen molar-refractivity contribution in [3.05, 3.63) is 59.3 Å². The maximum absolute atomic E-state index is 13.0. The van der Waals surface area contributed by atoms with E-state index in [0.29, 0.717) is 12.1 Å². The average Bonchev–Trinajstić information content (AvgIpc) is 3.18. The van der Waals surface area contributed by atoms with E-state index in [0.717, 1.165) is 60.3 Å². The SMILES string of the molecule is O=C1NCCc2ccc(-c3cccc4c(C(=O)N5CCCCC5)cnn34)cc21. The molecular formula is C22H22N4O2. The number of piperidine rings is 1. The molecule has 6 heteroatoms. The third kappa shape index (κ3) is 2.76. The normalized spacial score (nSPS) is 16.7. The highest BCUT2D eigenvalue weighted by atomic mass is 16.2. The van der Waals surface area contributed by atoms with Crippen LogP contribution in [0.3, 0.4) is 0 Å². The van der Waals surface area contributed by atoms with Crippen LogP contribution in [0.25, 0.3) is 16.8 Å². The topological polar surface area (TPSA) is 66.7 Å². The zero-order valence-corrected chi connectivity index (χ0v) is 15.6. The van der Waals surface area contributed by atoms with Gasteiger partial charge in [-0.05, 0) is 49.4 Å². The standard InChI is InChI=1S/C22H22N4O2/c27-21-17-13-16(8-7-15(17)9-10-23-21)19-5-4-6-20-18(14-24-26(19)20)22(28)25-11-2-1-3-12-25/h4-8,13-14H,1-3,9-12H2,(H,23,27). The van der Waals surface area contributed by atoms with E-state index in [1.807, 2.05) is 41.3 Å². The lowest BCUT2D eigenvalue weighted by Crippen LogP contribution is -2.35. The van der Waals surface area contributed by atoms with Crippen molar-refractivity contribution < 1.29 is 9.59 Å². The van der Waals surface area contributed by atoms with Crippen LogP contribution in [0.1, 0.15) is 45.5 Å². The van der Waals surface area contributed by atoms with Gasteiger partial charge in [-0.25, -0.2) is 4.52 Å². The Balaban J connectivity index is 1.57. The van der Waals surface area contributed by atoms with Crippen molar-refractivity contribution in [1.82, 2.24) is 19.8 Å². The summed E-state index contributed by atoms with van der Waals surface area (Å²) in [5.41, 5.74) is 5.02. The Hall–Kier alpha value is -3.15. The fourth-order valence-corrected chi connectivity index (χ4v) is 4.23. The van der Waals surface area contributed by atoms with Gasteiger partial charge in [-0.1, -0.05) is 18.2 Å². The number of nitrogens with one attached hydrogen (secondary N) is 1. The first-order valence-electron chi connectivity index (χ1n) is 9.90. The van der Waals surface area contributed by atoms with Gasteiger partial charge in [0.15, 0.2) is 0 Å². The summed E-state index contributed by atoms with van der Waals surface area (Å²) >= 11 is 0. The van der Waals surface area contributed by atoms with E-state index in [1.54, 1.807) is 10.7 Å². The Morgan fingerprint density at radius 1 is 1.07 bits per heavy atom. The highest BCUT2D eigenvalue weighted by Gasteiger charge is 2.23. The number of nitrogens with zero attached hydrogens (tertiary/aromatic N) is 3. The summed E-state index contributed by atoms with van der Waals surface area (Å²) < 4.78 is 1.81. The van der Waals surface area contributed by atoms with E-state index in [-0.39, 0.29) is 11.8 Å². The van der Waals surface area contributed by atoms with E-state index in [4.69, 9.17) is 0 Å². The smallest absolute Gasteiger partial charge is 0.257 e. The number of carbonyl (C=O) groups excluding carboxylic acids is 2. The molecule has 0 unspecified atom stereocenters. The minimum absolute atomic E-state index is 0.0308. The summed E-state index contributed by atoms with van der Waals surface area (Å²) in [4.78, 5) is 27.1. The number of benzene rings is 1. The first-order chi connectivity index (χ1) is 13.7. The van der Waals surface area contributed by atoms with Gasteiger partial charge in [0, 0.05) is 30.8 Å². The predicted octanol–water partition coefficient (Wildman–Crippen LogP) is 2.91. The number of hydrogen-bond acceptors (Lipinski definition) is 3. The molecule has 0 aliphatic carbocycles. The van der Waals surface area contributed by atoms with Crippen molar-refractivity contribution in [3.63, 3.8) is 0 Å². The number of fused-ring (bicyclic) bond motifs is 2. The number of pyridine rings is 1. The molecule has 1 fully saturated rings. The number of likely N-dealkylation sites (tertiary alicyclic amines) is 1. The molecule has 0 atom stereocenters. The quantitative estimate of drug-likeness (QED) is 0.750. The van der Waals surface area contributed by atoms with E-state index in [2.05, 4.69) is 10.4 Å². The lowest BCUT2D eigenvalue weighted by atomic mass is 9.96. The van der Waals surface area contributed by atoms with Crippen LogP contribution < -0.4 is 5.32 Å². The molecule has 1 aromatic carbocycles. The zero-order valence-electron chi connectivity index (χ0n) is 15.6. The molecule has 1 N–H and O–H groups in total. The fourth-order valence-electron chi connectivity index (χ4n) is 4.23. The fraction of sp³-hybridized carbons (Fsp3) is 0.318. The second kappa shape index (κ2) is 6.78. The van der Waals surface area contributed by atoms with Crippen LogP contribution >= 0.6 is 0 Å². The molecule has 6 nitrogen and oxygen atoms in total. The van der Waals surface area contributed by atoms with E-state index < -0.39 is 0 Å². The van der Waals surface area contributed by atoms with Gasteiger partial charge in [-0.3, -0.25) is 9.59 Å². The molecule has 2 aliphatic heterocycles. The minimum atomic E-state index is -0.0308. The Morgan fingerprint density at radius 3 is 2.79 bits per heavy atom. The van der Waals surface area contributed by atoms with E-state index in [1.165, 1.54) is 6.42 Å². The largest absolute Gasteiger partial charge is 0.352 e. The minimum Gasteiger partial charge on any atom is -0.352 e. The van der Waals surface area contributed by atoms with Crippen LogP contribution in [0, 0.1) is 0 Å². The molecule has 142 valence electrons. The van der Waals surface area contributed by atoms with Crippen molar-refractivity contribution in [2.45, 2.75) is 25.7 Å². The van der Waals surface area contributed by atoms with Gasteiger partial charge in [-0.15, -0.1) is 0 Å². The molecule has 4 heterocycles. The van der Waals surface area contributed by atoms with E-state index in [9.17, 15) is 9.59 Å². The van der Waals surface area contributed by atoms with Gasteiger partial charge in [-0.2, -0.15) is 5.10 Å². The lowest BCUT2D eigenvalue weighted by molar-refractivity contribution is 0.0726. The third-order valence-electron chi connectivity index (χ3n) is 5.75. The summed E-state index contributed by atoms with van der Waals surface area (Å²) in [5, 5.41) is 7.41. The zero-order chi connectivity index (χ0) is 19.1. The molecule has 0 bridgehead atoms. The first kappa shape index (κ1) is 17.0. The Bertz CT molecular complexity index is 1080. The molecule has 0 radical (unpaired) electrons. The first-order valence-corrected chi connectivity index (χ1v) is 9.90. The average molecular weight is 374 g/mol. The van der Waals surface area contributed by atoms with Crippen molar-refractivity contribution in [2.24, 2.45) is 0 Å². The predicted molar refractivity (Wildman–Crippen MR) is 106 cm³/mol. The molecule has 2 aromatic heterocycles. The molecule has 3 aromatic rings. The lowest BCUT2D eigenvalue weighted by Gasteiger charge is -2.26. The monoisotopic (exact) mass is 374 g/mol. The highest BCUT2D eigenvalue weighted by Crippen LogP contribution is 2.27. The van der Waals surface area contributed by atoms with Gasteiger partial charge >= 0.3 is 0 Å². The number of rotatable bonds is 2. The number of carbonyl (C=O) groups is 2. The molecule has 28 heavy (non-hydrogen) atoms. The van der Waals surface area contributed by atoms with Crippen molar-refractivity contribution in [3.8, 4) is 11.3 Å². The molecule has 2 amide bonds. The maximum Gasteiger partial charge on any atom is 0.257 e. The molecule has 0 spiro atoms. The van der Waals surface area contributed by atoms with Gasteiger partial charge in [0.05, 0.1) is 23.0 Å². The van der Waals surface area contributed by atoms with Gasteiger partial charge in [0.25, 0.3) is 11.8 Å². The second-order valence-corrected chi connectivity index (χ2v) is 7.50. The van der Waals surface area contributed by atoms with Crippen molar-refractivity contribution in [2.75, 3.05) is 19.6 Å². The van der Waals surface area contributed by atoms with Crippen LogP contribution in [0.5, 0.6) is 0 Å². The van der Waals surface area contributed by atoms with Gasteiger partial charge in [0.1, 0.15) is 0 Å². The molecule has 2 aliphatic rings. The van der Waals surface area contributed by atoms with Crippen LogP contribution in [-0.2, 0) is 6.42 Å². The highest BCUT2D eigenvalue weighted by molar-refractivity contribution is 6.01. The Kier molecular flexibility index (Phi) is 4.11. The molecule has 5 rings (SSSR count). The van der Waals surface area contributed by atoms with Crippen molar-refractivity contribution in [1.29, 1.82) is 0 Å². The van der Waals surface area contributed by atoms with Crippen LogP contribution in [0.2, 0.25) is 0 Å². The Labute approximate surface area is 163 Å². The van der Waals surface area contributed by atoms with Crippen molar-refractivity contribution >= 4 is 17.3 Å². The number of aromatic nitrogens is 2. The summed E-state index contributed by atoms with van der Waals surface area (Å²) in [6.45, 7) is 2.31. The number of hydrogen-bond donors (Lipinski definition) is 1. The second-order valence-electron chi connectivity index (χ2n) is 7.50. The Morgan fingerprint density at radius 2 is 1.93 bits per heavy atom.